The molecule has 0 aromatic rings. The number of ether oxygens (including phenoxy) is 2. The predicted octanol–water partition coefficient (Wildman–Crippen LogP) is 1.02. The van der Waals surface area contributed by atoms with Crippen LogP contribution < -0.4 is 5.32 Å². The fourth-order valence-corrected chi connectivity index (χ4v) is 2.43. The molecule has 0 heterocycles. The Labute approximate surface area is 102 Å². The van der Waals surface area contributed by atoms with Crippen LogP contribution in [0, 0.1) is 0 Å². The van der Waals surface area contributed by atoms with Crippen molar-refractivity contribution in [1.82, 2.24) is 5.32 Å². The molecule has 0 spiro atoms. The normalized spacial score (nSPS) is 29.2. The van der Waals surface area contributed by atoms with Gasteiger partial charge in [-0.1, -0.05) is 6.92 Å². The highest BCUT2D eigenvalue weighted by Gasteiger charge is 2.42. The summed E-state index contributed by atoms with van der Waals surface area (Å²) in [5.41, 5.74) is -0.801. The molecule has 0 amide bonds. The van der Waals surface area contributed by atoms with Crippen LogP contribution in [0.15, 0.2) is 0 Å². The summed E-state index contributed by atoms with van der Waals surface area (Å²) in [5, 5.41) is 12.5. The Morgan fingerprint density at radius 1 is 1.53 bits per heavy atom. The van der Waals surface area contributed by atoms with E-state index in [0.717, 1.165) is 12.8 Å². The molecule has 2 unspecified atom stereocenters. The Kier molecular flexibility index (Phi) is 5.88. The van der Waals surface area contributed by atoms with Crippen molar-refractivity contribution in [3.8, 4) is 0 Å². The molecule has 0 aromatic heterocycles. The molecule has 0 aliphatic heterocycles. The van der Waals surface area contributed by atoms with Gasteiger partial charge in [-0.3, -0.25) is 4.79 Å². The van der Waals surface area contributed by atoms with E-state index in [1.807, 2.05) is 6.92 Å². The van der Waals surface area contributed by atoms with Gasteiger partial charge >= 0.3 is 5.97 Å². The summed E-state index contributed by atoms with van der Waals surface area (Å²) in [5.74, 6) is -0.764. The molecule has 5 nitrogen and oxygen atoms in total. The van der Waals surface area contributed by atoms with Gasteiger partial charge in [-0.2, -0.15) is 0 Å². The van der Waals surface area contributed by atoms with Crippen LogP contribution in [-0.2, 0) is 14.3 Å². The molecule has 100 valence electrons. The number of aliphatic carboxylic acids is 1. The molecule has 1 fully saturated rings. The zero-order valence-corrected chi connectivity index (χ0v) is 10.7. The van der Waals surface area contributed by atoms with Crippen molar-refractivity contribution in [1.29, 1.82) is 0 Å². The lowest BCUT2D eigenvalue weighted by Gasteiger charge is -2.38. The third-order valence-electron chi connectivity index (χ3n) is 3.27. The number of carbonyl (C=O) groups is 1. The second-order valence-corrected chi connectivity index (χ2v) is 4.50. The molecule has 1 saturated carbocycles. The van der Waals surface area contributed by atoms with E-state index in [9.17, 15) is 9.90 Å². The van der Waals surface area contributed by atoms with Crippen molar-refractivity contribution in [2.75, 3.05) is 26.9 Å². The van der Waals surface area contributed by atoms with E-state index in [2.05, 4.69) is 5.32 Å². The highest BCUT2D eigenvalue weighted by atomic mass is 16.5. The maximum atomic E-state index is 11.4. The Morgan fingerprint density at radius 3 is 2.88 bits per heavy atom. The maximum Gasteiger partial charge on any atom is 0.323 e. The van der Waals surface area contributed by atoms with Crippen LogP contribution in [0.3, 0.4) is 0 Å². The van der Waals surface area contributed by atoms with Crippen molar-refractivity contribution >= 4 is 5.97 Å². The molecule has 0 aromatic carbocycles. The summed E-state index contributed by atoms with van der Waals surface area (Å²) < 4.78 is 10.6. The van der Waals surface area contributed by atoms with E-state index in [1.54, 1.807) is 7.11 Å². The van der Waals surface area contributed by atoms with Gasteiger partial charge < -0.3 is 19.9 Å². The summed E-state index contributed by atoms with van der Waals surface area (Å²) in [4.78, 5) is 11.4. The highest BCUT2D eigenvalue weighted by Crippen LogP contribution is 2.30. The molecule has 5 heteroatoms. The first-order chi connectivity index (χ1) is 8.14. The average Bonchev–Trinajstić information content (AvgIpc) is 2.30. The van der Waals surface area contributed by atoms with Gasteiger partial charge in [0.2, 0.25) is 0 Å². The molecule has 0 saturated heterocycles. The number of hydrogen-bond donors (Lipinski definition) is 2. The standard InChI is InChI=1S/C12H23NO4/c1-3-13-12(11(14)15)6-4-5-10(9-12)17-8-7-16-2/h10,13H,3-9H2,1-2H3,(H,14,15). The van der Waals surface area contributed by atoms with Gasteiger partial charge in [-0.25, -0.2) is 0 Å². The molecule has 2 atom stereocenters. The van der Waals surface area contributed by atoms with Gasteiger partial charge in [0, 0.05) is 13.5 Å². The molecule has 1 aliphatic rings. The van der Waals surface area contributed by atoms with E-state index in [4.69, 9.17) is 9.47 Å². The third kappa shape index (κ3) is 3.94. The fraction of sp³-hybridized carbons (Fsp3) is 0.917. The minimum Gasteiger partial charge on any atom is -0.480 e. The van der Waals surface area contributed by atoms with Crippen LogP contribution in [0.1, 0.15) is 32.6 Å². The average molecular weight is 245 g/mol. The molecule has 1 aliphatic carbocycles. The summed E-state index contributed by atoms with van der Waals surface area (Å²) >= 11 is 0. The summed E-state index contributed by atoms with van der Waals surface area (Å²) in [6, 6.07) is 0. The van der Waals surface area contributed by atoms with Crippen LogP contribution in [0.5, 0.6) is 0 Å². The Bertz CT molecular complexity index is 243. The lowest BCUT2D eigenvalue weighted by atomic mass is 9.80. The zero-order valence-electron chi connectivity index (χ0n) is 10.7. The summed E-state index contributed by atoms with van der Waals surface area (Å²) in [6.45, 7) is 3.68. The van der Waals surface area contributed by atoms with Crippen LogP contribution in [0.25, 0.3) is 0 Å². The van der Waals surface area contributed by atoms with Crippen molar-refractivity contribution in [2.24, 2.45) is 0 Å². The van der Waals surface area contributed by atoms with E-state index >= 15 is 0 Å². The molecular weight excluding hydrogens is 222 g/mol. The van der Waals surface area contributed by atoms with Crippen LogP contribution in [0.4, 0.5) is 0 Å². The zero-order chi connectivity index (χ0) is 12.7. The topological polar surface area (TPSA) is 67.8 Å². The van der Waals surface area contributed by atoms with Crippen molar-refractivity contribution in [2.45, 2.75) is 44.2 Å². The molecule has 1 rings (SSSR count). The van der Waals surface area contributed by atoms with E-state index < -0.39 is 11.5 Å². The highest BCUT2D eigenvalue weighted by molar-refractivity contribution is 5.79. The number of likely N-dealkylation sites (N-methyl/N-ethyl adjacent to an activating group) is 1. The van der Waals surface area contributed by atoms with Gasteiger partial charge in [0.15, 0.2) is 0 Å². The van der Waals surface area contributed by atoms with Crippen LogP contribution in [0.2, 0.25) is 0 Å². The van der Waals surface area contributed by atoms with Gasteiger partial charge in [-0.05, 0) is 25.8 Å². The SMILES string of the molecule is CCNC1(C(=O)O)CCCC(OCCOC)C1. The van der Waals surface area contributed by atoms with Crippen molar-refractivity contribution in [3.05, 3.63) is 0 Å². The largest absolute Gasteiger partial charge is 0.480 e. The second-order valence-electron chi connectivity index (χ2n) is 4.50. The third-order valence-corrected chi connectivity index (χ3v) is 3.27. The maximum absolute atomic E-state index is 11.4. The van der Waals surface area contributed by atoms with Gasteiger partial charge in [0.25, 0.3) is 0 Å². The summed E-state index contributed by atoms with van der Waals surface area (Å²) in [6.07, 6.45) is 3.07. The van der Waals surface area contributed by atoms with Crippen LogP contribution >= 0.6 is 0 Å². The van der Waals surface area contributed by atoms with Gasteiger partial charge in [0.1, 0.15) is 5.54 Å². The molecule has 17 heavy (non-hydrogen) atoms. The number of nitrogens with one attached hydrogen (secondary N) is 1. The van der Waals surface area contributed by atoms with Gasteiger partial charge in [-0.15, -0.1) is 0 Å². The second kappa shape index (κ2) is 6.93. The Hall–Kier alpha value is -0.650. The minimum absolute atomic E-state index is 0.0223. The van der Waals surface area contributed by atoms with E-state index in [-0.39, 0.29) is 6.10 Å². The summed E-state index contributed by atoms with van der Waals surface area (Å²) in [7, 11) is 1.63. The van der Waals surface area contributed by atoms with Crippen LogP contribution in [-0.4, -0.2) is 49.6 Å². The molecule has 2 N–H and O–H groups in total. The quantitative estimate of drug-likeness (QED) is 0.656. The number of carboxylic acid groups (broad SMARTS) is 1. The smallest absolute Gasteiger partial charge is 0.323 e. The van der Waals surface area contributed by atoms with Crippen molar-refractivity contribution in [3.63, 3.8) is 0 Å². The minimum atomic E-state index is -0.801. The number of rotatable bonds is 7. The monoisotopic (exact) mass is 245 g/mol. The fourth-order valence-electron chi connectivity index (χ4n) is 2.43. The lowest BCUT2D eigenvalue weighted by molar-refractivity contribution is -0.149. The number of hydrogen-bond acceptors (Lipinski definition) is 4. The first-order valence-corrected chi connectivity index (χ1v) is 6.23. The molecule has 0 radical (unpaired) electrons. The number of methoxy groups -OCH3 is 1. The first kappa shape index (κ1) is 14.4. The van der Waals surface area contributed by atoms with Gasteiger partial charge in [0.05, 0.1) is 19.3 Å². The lowest BCUT2D eigenvalue weighted by Crippen LogP contribution is -2.56. The van der Waals surface area contributed by atoms with E-state index in [0.29, 0.717) is 32.6 Å². The predicted molar refractivity (Wildman–Crippen MR) is 64.1 cm³/mol. The van der Waals surface area contributed by atoms with Crippen molar-refractivity contribution < 1.29 is 19.4 Å². The Morgan fingerprint density at radius 2 is 2.29 bits per heavy atom. The first-order valence-electron chi connectivity index (χ1n) is 6.23. The Balaban J connectivity index is 2.52. The molecule has 0 bridgehead atoms. The number of carboxylic acids is 1. The van der Waals surface area contributed by atoms with E-state index in [1.165, 1.54) is 0 Å². The molecular formula is C12H23NO4.